The van der Waals surface area contributed by atoms with Crippen molar-refractivity contribution in [3.8, 4) is 0 Å². The van der Waals surface area contributed by atoms with E-state index in [1.165, 1.54) is 24.0 Å². The second-order valence-corrected chi connectivity index (χ2v) is 5.62. The lowest BCUT2D eigenvalue weighted by atomic mass is 9.86. The first-order valence-corrected chi connectivity index (χ1v) is 7.67. The molecule has 1 aromatic carbocycles. The number of aryl methyl sites for hydroxylation is 1. The van der Waals surface area contributed by atoms with Crippen LogP contribution in [0.15, 0.2) is 24.3 Å². The number of rotatable bonds is 6. The van der Waals surface area contributed by atoms with Crippen molar-refractivity contribution in [1.82, 2.24) is 5.32 Å². The SMILES string of the molecule is CCCNC(c1cccc(C)c1)C1CCOC1CC. The average molecular weight is 261 g/mol. The van der Waals surface area contributed by atoms with Crippen molar-refractivity contribution in [2.45, 2.75) is 52.2 Å². The van der Waals surface area contributed by atoms with Crippen LogP contribution in [-0.4, -0.2) is 19.3 Å². The predicted octanol–water partition coefficient (Wildman–Crippen LogP) is 3.85. The molecule has 0 spiro atoms. The average Bonchev–Trinajstić information content (AvgIpc) is 2.88. The molecule has 0 bridgehead atoms. The van der Waals surface area contributed by atoms with Crippen LogP contribution in [0.25, 0.3) is 0 Å². The largest absolute Gasteiger partial charge is 0.378 e. The molecule has 19 heavy (non-hydrogen) atoms. The summed E-state index contributed by atoms with van der Waals surface area (Å²) in [6.45, 7) is 8.62. The Bertz CT molecular complexity index is 391. The summed E-state index contributed by atoms with van der Waals surface area (Å²) in [7, 11) is 0. The monoisotopic (exact) mass is 261 g/mol. The normalized spacial score (nSPS) is 24.6. The van der Waals surface area contributed by atoms with Crippen LogP contribution in [0.5, 0.6) is 0 Å². The number of benzene rings is 1. The quantitative estimate of drug-likeness (QED) is 0.840. The van der Waals surface area contributed by atoms with Gasteiger partial charge < -0.3 is 10.1 Å². The first-order chi connectivity index (χ1) is 9.26. The zero-order valence-electron chi connectivity index (χ0n) is 12.5. The Morgan fingerprint density at radius 3 is 2.89 bits per heavy atom. The third-order valence-corrected chi connectivity index (χ3v) is 4.11. The van der Waals surface area contributed by atoms with Crippen molar-refractivity contribution in [1.29, 1.82) is 0 Å². The van der Waals surface area contributed by atoms with E-state index in [9.17, 15) is 0 Å². The lowest BCUT2D eigenvalue weighted by Gasteiger charge is -2.29. The van der Waals surface area contributed by atoms with Crippen LogP contribution in [0, 0.1) is 12.8 Å². The van der Waals surface area contributed by atoms with Crippen LogP contribution in [0.3, 0.4) is 0 Å². The van der Waals surface area contributed by atoms with Gasteiger partial charge in [-0.2, -0.15) is 0 Å². The fraction of sp³-hybridized carbons (Fsp3) is 0.647. The van der Waals surface area contributed by atoms with Crippen LogP contribution >= 0.6 is 0 Å². The number of ether oxygens (including phenoxy) is 1. The Labute approximate surface area is 117 Å². The molecule has 106 valence electrons. The molecule has 1 aromatic rings. The minimum atomic E-state index is 0.412. The minimum Gasteiger partial charge on any atom is -0.378 e. The molecule has 2 nitrogen and oxygen atoms in total. The van der Waals surface area contributed by atoms with Crippen molar-refractivity contribution in [3.63, 3.8) is 0 Å². The highest BCUT2D eigenvalue weighted by Crippen LogP contribution is 2.35. The van der Waals surface area contributed by atoms with Crippen LogP contribution in [0.4, 0.5) is 0 Å². The summed E-state index contributed by atoms with van der Waals surface area (Å²) in [5.74, 6) is 0.610. The molecule has 3 unspecified atom stereocenters. The van der Waals surface area contributed by atoms with Crippen molar-refractivity contribution >= 4 is 0 Å². The third-order valence-electron chi connectivity index (χ3n) is 4.11. The molecule has 1 saturated heterocycles. The topological polar surface area (TPSA) is 21.3 Å². The molecule has 1 heterocycles. The molecule has 2 rings (SSSR count). The van der Waals surface area contributed by atoms with E-state index >= 15 is 0 Å². The fourth-order valence-electron chi connectivity index (χ4n) is 3.15. The van der Waals surface area contributed by atoms with Crippen molar-refractivity contribution < 1.29 is 4.74 Å². The van der Waals surface area contributed by atoms with Crippen molar-refractivity contribution in [2.75, 3.05) is 13.2 Å². The van der Waals surface area contributed by atoms with Gasteiger partial charge in [0.05, 0.1) is 6.10 Å². The highest BCUT2D eigenvalue weighted by molar-refractivity contribution is 5.26. The van der Waals surface area contributed by atoms with Gasteiger partial charge in [-0.3, -0.25) is 0 Å². The minimum absolute atomic E-state index is 0.412. The molecule has 2 heteroatoms. The van der Waals surface area contributed by atoms with E-state index in [4.69, 9.17) is 4.74 Å². The number of nitrogens with one attached hydrogen (secondary N) is 1. The molecular weight excluding hydrogens is 234 g/mol. The predicted molar refractivity (Wildman–Crippen MR) is 80.4 cm³/mol. The molecular formula is C17H27NO. The highest BCUT2D eigenvalue weighted by atomic mass is 16.5. The van der Waals surface area contributed by atoms with Gasteiger partial charge in [0.1, 0.15) is 0 Å². The number of hydrogen-bond donors (Lipinski definition) is 1. The van der Waals surface area contributed by atoms with E-state index in [0.29, 0.717) is 18.1 Å². The Hall–Kier alpha value is -0.860. The van der Waals surface area contributed by atoms with Crippen LogP contribution in [0.1, 0.15) is 50.3 Å². The van der Waals surface area contributed by atoms with E-state index in [1.807, 2.05) is 0 Å². The Balaban J connectivity index is 2.19. The highest BCUT2D eigenvalue weighted by Gasteiger charge is 2.34. The van der Waals surface area contributed by atoms with Gasteiger partial charge in [-0.15, -0.1) is 0 Å². The third kappa shape index (κ3) is 3.58. The molecule has 3 atom stereocenters. The van der Waals surface area contributed by atoms with Gasteiger partial charge in [-0.1, -0.05) is 43.7 Å². The molecule has 1 N–H and O–H groups in total. The first kappa shape index (κ1) is 14.5. The lowest BCUT2D eigenvalue weighted by molar-refractivity contribution is 0.0774. The standard InChI is InChI=1S/C17H27NO/c1-4-10-18-17(14-8-6-7-13(3)12-14)15-9-11-19-16(15)5-2/h6-8,12,15-18H,4-5,9-11H2,1-3H3. The van der Waals surface area contributed by atoms with Gasteiger partial charge in [0, 0.05) is 18.6 Å². The zero-order valence-corrected chi connectivity index (χ0v) is 12.5. The summed E-state index contributed by atoms with van der Waals surface area (Å²) >= 11 is 0. The second kappa shape index (κ2) is 7.06. The Morgan fingerprint density at radius 1 is 1.37 bits per heavy atom. The summed E-state index contributed by atoms with van der Waals surface area (Å²) < 4.78 is 5.89. The molecule has 0 aromatic heterocycles. The zero-order chi connectivity index (χ0) is 13.7. The van der Waals surface area contributed by atoms with E-state index in [-0.39, 0.29) is 0 Å². The maximum absolute atomic E-state index is 5.89. The molecule has 0 amide bonds. The molecule has 1 aliphatic heterocycles. The van der Waals surface area contributed by atoms with Crippen molar-refractivity contribution in [3.05, 3.63) is 35.4 Å². The van der Waals surface area contributed by atoms with E-state index < -0.39 is 0 Å². The Morgan fingerprint density at radius 2 is 2.21 bits per heavy atom. The summed E-state index contributed by atoms with van der Waals surface area (Å²) in [4.78, 5) is 0. The maximum Gasteiger partial charge on any atom is 0.0619 e. The molecule has 0 radical (unpaired) electrons. The lowest BCUT2D eigenvalue weighted by Crippen LogP contribution is -2.33. The molecule has 0 aliphatic carbocycles. The van der Waals surface area contributed by atoms with Gasteiger partial charge in [0.2, 0.25) is 0 Å². The van der Waals surface area contributed by atoms with Crippen molar-refractivity contribution in [2.24, 2.45) is 5.92 Å². The molecule has 1 aliphatic rings. The van der Waals surface area contributed by atoms with E-state index in [0.717, 1.165) is 19.6 Å². The fourth-order valence-corrected chi connectivity index (χ4v) is 3.15. The van der Waals surface area contributed by atoms with E-state index in [2.05, 4.69) is 50.4 Å². The smallest absolute Gasteiger partial charge is 0.0619 e. The van der Waals surface area contributed by atoms with Gasteiger partial charge in [-0.25, -0.2) is 0 Å². The van der Waals surface area contributed by atoms with Gasteiger partial charge in [0.15, 0.2) is 0 Å². The van der Waals surface area contributed by atoms with Gasteiger partial charge in [-0.05, 0) is 38.3 Å². The van der Waals surface area contributed by atoms with Crippen LogP contribution < -0.4 is 5.32 Å². The van der Waals surface area contributed by atoms with Gasteiger partial charge >= 0.3 is 0 Å². The molecule has 1 fully saturated rings. The van der Waals surface area contributed by atoms with Crippen LogP contribution in [0.2, 0.25) is 0 Å². The van der Waals surface area contributed by atoms with E-state index in [1.54, 1.807) is 0 Å². The van der Waals surface area contributed by atoms with Crippen LogP contribution in [-0.2, 0) is 4.74 Å². The summed E-state index contributed by atoms with van der Waals surface area (Å²) in [5.41, 5.74) is 2.76. The number of hydrogen-bond acceptors (Lipinski definition) is 2. The van der Waals surface area contributed by atoms with Gasteiger partial charge in [0.25, 0.3) is 0 Å². The summed E-state index contributed by atoms with van der Waals surface area (Å²) in [6, 6.07) is 9.35. The second-order valence-electron chi connectivity index (χ2n) is 5.62. The Kier molecular flexibility index (Phi) is 5.41. The summed E-state index contributed by atoms with van der Waals surface area (Å²) in [5, 5.41) is 3.74. The first-order valence-electron chi connectivity index (χ1n) is 7.67. The summed E-state index contributed by atoms with van der Waals surface area (Å²) in [6.07, 6.45) is 3.87. The molecule has 0 saturated carbocycles. The maximum atomic E-state index is 5.89.